The molecule has 0 aromatic carbocycles. The predicted molar refractivity (Wildman–Crippen MR) is 143 cm³/mol. The van der Waals surface area contributed by atoms with E-state index in [1.807, 2.05) is 12.2 Å². The maximum absolute atomic E-state index is 12.7. The molecule has 1 heterocycles. The molecule has 4 N–H and O–H groups in total. The third kappa shape index (κ3) is 14.5. The molecule has 2 unspecified atom stereocenters. The van der Waals surface area contributed by atoms with Gasteiger partial charge in [0.25, 0.3) is 0 Å². The quantitative estimate of drug-likeness (QED) is 0.141. The molecule has 218 valence electrons. The Morgan fingerprint density at radius 3 is 1.76 bits per heavy atom. The number of allylic oxidation sites excluding steroid dienone is 1. The largest absolute Gasteiger partial charge is 0.460 e. The molecule has 4 atom stereocenters. The number of aliphatic hydroxyl groups excluding tert-OH is 2. The zero-order valence-electron chi connectivity index (χ0n) is 23.1. The van der Waals surface area contributed by atoms with Gasteiger partial charge < -0.3 is 30.3 Å². The summed E-state index contributed by atoms with van der Waals surface area (Å²) in [4.78, 5) is 50.8. The fraction of sp³-hybridized carbons (Fsp3) is 0.786. The summed E-state index contributed by atoms with van der Waals surface area (Å²) >= 11 is 0. The van der Waals surface area contributed by atoms with Crippen LogP contribution in [0.5, 0.6) is 0 Å². The summed E-state index contributed by atoms with van der Waals surface area (Å²) in [7, 11) is 0. The first-order chi connectivity index (χ1) is 18.3. The molecule has 10 nitrogen and oxygen atoms in total. The van der Waals surface area contributed by atoms with Crippen molar-refractivity contribution in [2.75, 3.05) is 13.2 Å². The molecule has 0 saturated carbocycles. The van der Waals surface area contributed by atoms with Gasteiger partial charge in [-0.3, -0.25) is 9.59 Å². The first kappa shape index (κ1) is 33.6. The van der Waals surface area contributed by atoms with Gasteiger partial charge in [0.05, 0.1) is 26.1 Å². The molecule has 0 aromatic rings. The Balaban J connectivity index is 2.95. The molecule has 0 bridgehead atoms. The average molecular weight is 541 g/mol. The van der Waals surface area contributed by atoms with E-state index < -0.39 is 61.3 Å². The number of unbranched alkanes of at least 4 members (excludes halogenated alkanes) is 8. The molecular weight excluding hydrogens is 492 g/mol. The molecule has 38 heavy (non-hydrogen) atoms. The molecule has 10 heteroatoms. The molecule has 1 aliphatic heterocycles. The van der Waals surface area contributed by atoms with Crippen LogP contribution in [0.1, 0.15) is 104 Å². The Kier molecular flexibility index (Phi) is 18.1. The normalized spacial score (nSPS) is 23.9. The van der Waals surface area contributed by atoms with Crippen LogP contribution in [0, 0.1) is 0 Å². The number of rotatable bonds is 15. The summed E-state index contributed by atoms with van der Waals surface area (Å²) in [5.41, 5.74) is 0. The van der Waals surface area contributed by atoms with Crippen molar-refractivity contribution in [2.45, 2.75) is 128 Å². The Labute approximate surface area is 226 Å². The summed E-state index contributed by atoms with van der Waals surface area (Å²) in [6, 6.07) is -2.60. The van der Waals surface area contributed by atoms with Crippen molar-refractivity contribution in [1.82, 2.24) is 10.6 Å². The number of hydrogen-bond donors (Lipinski definition) is 4. The summed E-state index contributed by atoms with van der Waals surface area (Å²) < 4.78 is 11.0. The second-order valence-electron chi connectivity index (χ2n) is 9.89. The highest BCUT2D eigenvalue weighted by molar-refractivity contribution is 5.87. The van der Waals surface area contributed by atoms with Gasteiger partial charge >= 0.3 is 11.9 Å². The van der Waals surface area contributed by atoms with Crippen LogP contribution in [0.25, 0.3) is 0 Å². The fourth-order valence-electron chi connectivity index (χ4n) is 4.18. The van der Waals surface area contributed by atoms with E-state index in [2.05, 4.69) is 24.5 Å². The van der Waals surface area contributed by atoms with Crippen LogP contribution in [0.15, 0.2) is 12.2 Å². The topological polar surface area (TPSA) is 151 Å². The Morgan fingerprint density at radius 1 is 0.711 bits per heavy atom. The lowest BCUT2D eigenvalue weighted by Gasteiger charge is -2.25. The molecular formula is C28H48N2O8. The number of esters is 2. The van der Waals surface area contributed by atoms with Crippen LogP contribution >= 0.6 is 0 Å². The smallest absolute Gasteiger partial charge is 0.331 e. The maximum Gasteiger partial charge on any atom is 0.331 e. The van der Waals surface area contributed by atoms with E-state index in [1.54, 1.807) is 0 Å². The van der Waals surface area contributed by atoms with Gasteiger partial charge in [-0.2, -0.15) is 0 Å². The number of ether oxygens (including phenoxy) is 2. The lowest BCUT2D eigenvalue weighted by Crippen LogP contribution is -2.49. The van der Waals surface area contributed by atoms with E-state index in [0.29, 0.717) is 6.42 Å². The molecule has 1 saturated heterocycles. The number of hydrogen-bond acceptors (Lipinski definition) is 8. The molecule has 1 rings (SSSR count). The first-order valence-electron chi connectivity index (χ1n) is 14.2. The Bertz CT molecular complexity index is 742. The minimum absolute atomic E-state index is 0.223. The van der Waals surface area contributed by atoms with Gasteiger partial charge in [-0.15, -0.1) is 0 Å². The number of cyclic esters (lactones) is 2. The number of carbonyl (C=O) groups excluding carboxylic acids is 4. The van der Waals surface area contributed by atoms with E-state index in [1.165, 1.54) is 0 Å². The zero-order chi connectivity index (χ0) is 28.2. The molecule has 0 spiro atoms. The van der Waals surface area contributed by atoms with Gasteiger partial charge in [0.15, 0.2) is 12.1 Å². The highest BCUT2D eigenvalue weighted by Crippen LogP contribution is 2.15. The van der Waals surface area contributed by atoms with Crippen molar-refractivity contribution in [3.05, 3.63) is 12.2 Å². The lowest BCUT2D eigenvalue weighted by molar-refractivity contribution is -0.160. The predicted octanol–water partition coefficient (Wildman–Crippen LogP) is 2.84. The van der Waals surface area contributed by atoms with Crippen molar-refractivity contribution in [1.29, 1.82) is 0 Å². The third-order valence-electron chi connectivity index (χ3n) is 6.42. The van der Waals surface area contributed by atoms with Crippen molar-refractivity contribution in [2.24, 2.45) is 0 Å². The minimum atomic E-state index is -1.31. The molecule has 0 aromatic heterocycles. The number of aliphatic hydroxyl groups is 2. The second-order valence-corrected chi connectivity index (χ2v) is 9.89. The van der Waals surface area contributed by atoms with Gasteiger partial charge in [-0.25, -0.2) is 9.59 Å². The number of carbonyl (C=O) groups is 4. The van der Waals surface area contributed by atoms with Gasteiger partial charge in [0, 0.05) is 6.42 Å². The first-order valence-corrected chi connectivity index (χ1v) is 14.2. The maximum atomic E-state index is 12.7. The van der Waals surface area contributed by atoms with Crippen LogP contribution in [-0.4, -0.2) is 71.5 Å². The zero-order valence-corrected chi connectivity index (χ0v) is 23.1. The van der Waals surface area contributed by atoms with Crippen LogP contribution < -0.4 is 10.6 Å². The monoisotopic (exact) mass is 540 g/mol. The van der Waals surface area contributed by atoms with E-state index in [9.17, 15) is 29.4 Å². The number of amides is 2. The third-order valence-corrected chi connectivity index (χ3v) is 6.42. The SMILES string of the molecule is CCCCCCC=CCC1CC(=O)N[C@@H](CO)C(=O)OC(CCCCCCC)CC(=O)N[C@@H](CO)C(=O)O1. The average Bonchev–Trinajstić information content (AvgIpc) is 2.88. The lowest BCUT2D eigenvalue weighted by atomic mass is 10.1. The van der Waals surface area contributed by atoms with Gasteiger partial charge in [-0.1, -0.05) is 70.9 Å². The van der Waals surface area contributed by atoms with Crippen LogP contribution in [0.4, 0.5) is 0 Å². The van der Waals surface area contributed by atoms with E-state index in [4.69, 9.17) is 9.47 Å². The van der Waals surface area contributed by atoms with E-state index >= 15 is 0 Å². The summed E-state index contributed by atoms with van der Waals surface area (Å²) in [6.45, 7) is 2.89. The van der Waals surface area contributed by atoms with Crippen molar-refractivity contribution in [3.8, 4) is 0 Å². The van der Waals surface area contributed by atoms with Crippen molar-refractivity contribution >= 4 is 23.8 Å². The van der Waals surface area contributed by atoms with Crippen molar-refractivity contribution < 1.29 is 38.9 Å². The second kappa shape index (κ2) is 20.5. The fourth-order valence-corrected chi connectivity index (χ4v) is 4.18. The molecule has 0 radical (unpaired) electrons. The molecule has 2 amide bonds. The minimum Gasteiger partial charge on any atom is -0.460 e. The van der Waals surface area contributed by atoms with Gasteiger partial charge in [-0.05, 0) is 25.7 Å². The number of nitrogens with one attached hydrogen (secondary N) is 2. The summed E-state index contributed by atoms with van der Waals surface area (Å²) in [5, 5.41) is 24.3. The summed E-state index contributed by atoms with van der Waals surface area (Å²) in [5.74, 6) is -2.84. The van der Waals surface area contributed by atoms with Crippen LogP contribution in [0.3, 0.4) is 0 Å². The van der Waals surface area contributed by atoms with E-state index in [0.717, 1.165) is 64.2 Å². The Hall–Kier alpha value is -2.46. The Morgan fingerprint density at radius 2 is 1.21 bits per heavy atom. The van der Waals surface area contributed by atoms with Gasteiger partial charge in [0.2, 0.25) is 11.8 Å². The molecule has 0 aliphatic carbocycles. The standard InChI is InChI=1S/C28H48N2O8/c1-3-5-7-9-10-12-14-16-22-18-26(34)30-23(19-31)27(35)37-21(15-13-11-8-6-4-2)17-25(33)29-24(20-32)28(36)38-22/h12,14,21-24,31-32H,3-11,13,15-20H2,1-2H3,(H,29,33)(H,30,34)/t21?,22?,23-,24-/m0/s1. The summed E-state index contributed by atoms with van der Waals surface area (Å²) in [6.07, 6.45) is 12.4. The highest BCUT2D eigenvalue weighted by atomic mass is 16.6. The van der Waals surface area contributed by atoms with Crippen LogP contribution in [0.2, 0.25) is 0 Å². The molecule has 1 fully saturated rings. The highest BCUT2D eigenvalue weighted by Gasteiger charge is 2.31. The van der Waals surface area contributed by atoms with Crippen LogP contribution in [-0.2, 0) is 28.7 Å². The van der Waals surface area contributed by atoms with E-state index in [-0.39, 0.29) is 19.3 Å². The van der Waals surface area contributed by atoms with Gasteiger partial charge in [0.1, 0.15) is 12.2 Å². The molecule has 1 aliphatic rings. The van der Waals surface area contributed by atoms with Crippen molar-refractivity contribution in [3.63, 3.8) is 0 Å².